The molecule has 3 nitrogen and oxygen atoms in total. The quantitative estimate of drug-likeness (QED) is 0.310. The van der Waals surface area contributed by atoms with Crippen LogP contribution in [0.25, 0.3) is 10.8 Å². The lowest BCUT2D eigenvalue weighted by Gasteiger charge is -2.30. The van der Waals surface area contributed by atoms with Crippen molar-refractivity contribution in [1.82, 2.24) is 0 Å². The van der Waals surface area contributed by atoms with Gasteiger partial charge < -0.3 is 9.47 Å². The molecule has 0 unspecified atom stereocenters. The van der Waals surface area contributed by atoms with Crippen molar-refractivity contribution in [3.63, 3.8) is 0 Å². The van der Waals surface area contributed by atoms with E-state index in [4.69, 9.17) is 14.7 Å². The zero-order chi connectivity index (χ0) is 23.9. The first-order chi connectivity index (χ1) is 16.6. The molecule has 34 heavy (non-hydrogen) atoms. The van der Waals surface area contributed by atoms with Crippen LogP contribution >= 0.6 is 0 Å². The minimum atomic E-state index is -0.540. The predicted octanol–water partition coefficient (Wildman–Crippen LogP) is 7.41. The van der Waals surface area contributed by atoms with Crippen molar-refractivity contribution in [2.45, 2.75) is 58.2 Å². The maximum absolute atomic E-state index is 15.2. The summed E-state index contributed by atoms with van der Waals surface area (Å²) in [5.41, 5.74) is 2.24. The molecule has 0 aliphatic carbocycles. The third-order valence-electron chi connectivity index (χ3n) is 6.60. The van der Waals surface area contributed by atoms with Gasteiger partial charge in [-0.05, 0) is 54.0 Å². The molecule has 1 heterocycles. The number of unbranched alkanes of at least 4 members (excludes halogenated alkanes) is 3. The standard InChI is InChI=1S/C29H31F2NO2/c1-2-3-4-5-6-21-18-33-29(34-19-21)24-13-14-26-23(16-24)12-11-22(28(26)31)9-7-20-8-10-25(17-32)27(30)15-20/h8,10-16,21,29H,2-7,9,18-19H2,1H3. The van der Waals surface area contributed by atoms with E-state index in [1.54, 1.807) is 18.2 Å². The summed E-state index contributed by atoms with van der Waals surface area (Å²) >= 11 is 0. The summed E-state index contributed by atoms with van der Waals surface area (Å²) in [5, 5.41) is 10.2. The van der Waals surface area contributed by atoms with Gasteiger partial charge in [0.2, 0.25) is 0 Å². The maximum Gasteiger partial charge on any atom is 0.183 e. The summed E-state index contributed by atoms with van der Waals surface area (Å²) in [4.78, 5) is 0. The van der Waals surface area contributed by atoms with Crippen molar-refractivity contribution in [3.05, 3.63) is 82.4 Å². The van der Waals surface area contributed by atoms with Gasteiger partial charge >= 0.3 is 0 Å². The molecular weight excluding hydrogens is 432 g/mol. The fourth-order valence-corrected chi connectivity index (χ4v) is 4.54. The fourth-order valence-electron chi connectivity index (χ4n) is 4.54. The minimum Gasteiger partial charge on any atom is -0.348 e. The number of ether oxygens (including phenoxy) is 2. The zero-order valence-corrected chi connectivity index (χ0v) is 19.7. The fraction of sp³-hybridized carbons (Fsp3) is 0.414. The van der Waals surface area contributed by atoms with Crippen LogP contribution in [0.2, 0.25) is 0 Å². The van der Waals surface area contributed by atoms with Crippen LogP contribution in [0.15, 0.2) is 48.5 Å². The Labute approximate surface area is 200 Å². The first-order valence-electron chi connectivity index (χ1n) is 12.2. The Balaban J connectivity index is 1.38. The van der Waals surface area contributed by atoms with E-state index in [2.05, 4.69) is 6.92 Å². The molecule has 0 amide bonds. The van der Waals surface area contributed by atoms with Crippen LogP contribution in [-0.2, 0) is 22.3 Å². The van der Waals surface area contributed by atoms with Crippen molar-refractivity contribution < 1.29 is 18.3 Å². The molecule has 3 aromatic rings. The van der Waals surface area contributed by atoms with Crippen molar-refractivity contribution >= 4 is 10.8 Å². The second-order valence-corrected chi connectivity index (χ2v) is 9.16. The van der Waals surface area contributed by atoms with Gasteiger partial charge in [-0.15, -0.1) is 0 Å². The monoisotopic (exact) mass is 463 g/mol. The van der Waals surface area contributed by atoms with Gasteiger partial charge in [-0.25, -0.2) is 8.78 Å². The van der Waals surface area contributed by atoms with Gasteiger partial charge in [-0.1, -0.05) is 62.9 Å². The molecule has 1 aliphatic rings. The lowest BCUT2D eigenvalue weighted by Crippen LogP contribution is -2.27. The van der Waals surface area contributed by atoms with Crippen molar-refractivity contribution in [3.8, 4) is 6.07 Å². The highest BCUT2D eigenvalue weighted by atomic mass is 19.1. The van der Waals surface area contributed by atoms with E-state index in [1.807, 2.05) is 24.3 Å². The van der Waals surface area contributed by atoms with Gasteiger partial charge in [0, 0.05) is 16.9 Å². The SMILES string of the molecule is CCCCCCC1COC(c2ccc3c(F)c(CCc4ccc(C#N)c(F)c4)ccc3c2)OC1. The molecule has 0 aromatic heterocycles. The van der Waals surface area contributed by atoms with Gasteiger partial charge in [-0.3, -0.25) is 0 Å². The molecular formula is C29H31F2NO2. The summed E-state index contributed by atoms with van der Waals surface area (Å²) < 4.78 is 41.0. The van der Waals surface area contributed by atoms with Crippen molar-refractivity contribution in [2.75, 3.05) is 13.2 Å². The second-order valence-electron chi connectivity index (χ2n) is 9.16. The molecule has 0 bridgehead atoms. The average Bonchev–Trinajstić information content (AvgIpc) is 2.86. The molecule has 178 valence electrons. The van der Waals surface area contributed by atoms with Crippen molar-refractivity contribution in [2.24, 2.45) is 5.92 Å². The molecule has 0 N–H and O–H groups in total. The molecule has 4 rings (SSSR count). The van der Waals surface area contributed by atoms with E-state index in [1.165, 1.54) is 37.8 Å². The Morgan fingerprint density at radius 2 is 1.76 bits per heavy atom. The van der Waals surface area contributed by atoms with Crippen LogP contribution < -0.4 is 0 Å². The zero-order valence-electron chi connectivity index (χ0n) is 19.7. The van der Waals surface area contributed by atoms with Gasteiger partial charge in [0.1, 0.15) is 17.7 Å². The van der Waals surface area contributed by atoms with Crippen LogP contribution in [0.5, 0.6) is 0 Å². The first kappa shape index (κ1) is 24.3. The lowest BCUT2D eigenvalue weighted by atomic mass is 9.98. The predicted molar refractivity (Wildman–Crippen MR) is 129 cm³/mol. The molecule has 0 saturated carbocycles. The molecule has 1 fully saturated rings. The molecule has 0 radical (unpaired) electrons. The van der Waals surface area contributed by atoms with Crippen molar-refractivity contribution in [1.29, 1.82) is 5.26 Å². The van der Waals surface area contributed by atoms with E-state index in [9.17, 15) is 4.39 Å². The average molecular weight is 464 g/mol. The largest absolute Gasteiger partial charge is 0.348 e. The Morgan fingerprint density at radius 3 is 2.50 bits per heavy atom. The van der Waals surface area contributed by atoms with E-state index >= 15 is 4.39 Å². The van der Waals surface area contributed by atoms with Crippen LogP contribution in [-0.4, -0.2) is 13.2 Å². The number of hydrogen-bond acceptors (Lipinski definition) is 3. The molecule has 1 saturated heterocycles. The maximum atomic E-state index is 15.2. The van der Waals surface area contributed by atoms with E-state index < -0.39 is 12.1 Å². The third kappa shape index (κ3) is 5.81. The Kier molecular flexibility index (Phi) is 8.26. The first-order valence-corrected chi connectivity index (χ1v) is 12.2. The van der Waals surface area contributed by atoms with Gasteiger partial charge in [0.25, 0.3) is 0 Å². The molecule has 0 spiro atoms. The van der Waals surface area contributed by atoms with Crippen LogP contribution in [0, 0.1) is 28.9 Å². The number of benzene rings is 3. The number of fused-ring (bicyclic) bond motifs is 1. The smallest absolute Gasteiger partial charge is 0.183 e. The Morgan fingerprint density at radius 1 is 0.941 bits per heavy atom. The lowest BCUT2D eigenvalue weighted by molar-refractivity contribution is -0.206. The normalized spacial score (nSPS) is 18.2. The molecule has 3 aromatic carbocycles. The van der Waals surface area contributed by atoms with Gasteiger partial charge in [0.05, 0.1) is 18.8 Å². The number of nitrogens with zero attached hydrogens (tertiary/aromatic N) is 1. The van der Waals surface area contributed by atoms with E-state index in [0.29, 0.717) is 42.9 Å². The number of nitriles is 1. The minimum absolute atomic E-state index is 0.0184. The number of rotatable bonds is 9. The van der Waals surface area contributed by atoms with Crippen LogP contribution in [0.4, 0.5) is 8.78 Å². The van der Waals surface area contributed by atoms with Gasteiger partial charge in [-0.2, -0.15) is 5.26 Å². The third-order valence-corrected chi connectivity index (χ3v) is 6.60. The summed E-state index contributed by atoms with van der Waals surface area (Å²) in [6.45, 7) is 3.60. The topological polar surface area (TPSA) is 42.2 Å². The summed E-state index contributed by atoms with van der Waals surface area (Å²) in [7, 11) is 0. The number of hydrogen-bond donors (Lipinski definition) is 0. The van der Waals surface area contributed by atoms with Gasteiger partial charge in [0.15, 0.2) is 6.29 Å². The van der Waals surface area contributed by atoms with Crippen LogP contribution in [0.1, 0.15) is 67.6 Å². The molecule has 1 aliphatic heterocycles. The Bertz CT molecular complexity index is 1160. The molecule has 0 atom stereocenters. The summed E-state index contributed by atoms with van der Waals surface area (Å²) in [6.07, 6.45) is 6.66. The number of aryl methyl sites for hydroxylation is 2. The summed E-state index contributed by atoms with van der Waals surface area (Å²) in [5.74, 6) is -0.351. The summed E-state index contributed by atoms with van der Waals surface area (Å²) in [6, 6.07) is 15.6. The highest BCUT2D eigenvalue weighted by molar-refractivity contribution is 5.84. The number of halogens is 2. The van der Waals surface area contributed by atoms with E-state index in [0.717, 1.165) is 22.9 Å². The van der Waals surface area contributed by atoms with E-state index in [-0.39, 0.29) is 11.4 Å². The highest BCUT2D eigenvalue weighted by Crippen LogP contribution is 2.31. The van der Waals surface area contributed by atoms with Crippen LogP contribution in [0.3, 0.4) is 0 Å². The molecule has 5 heteroatoms. The highest BCUT2D eigenvalue weighted by Gasteiger charge is 2.23. The second kappa shape index (κ2) is 11.6. The Hall–Kier alpha value is -2.81.